The topological polar surface area (TPSA) is 63.8 Å². The first kappa shape index (κ1) is 18.4. The Morgan fingerprint density at radius 2 is 2.08 bits per heavy atom. The van der Waals surface area contributed by atoms with Crippen molar-refractivity contribution in [3.8, 4) is 5.75 Å². The standard InChI is InChI=1S/C17H18Cl2N2O3/c1-11-5-7-15(24-11)12(2)20-21-17(22)4-3-9-23-16-8-6-13(18)10-14(16)19/h5-8,10H,3-4,9H2,1-2H3,(H,21,22). The van der Waals surface area contributed by atoms with Crippen LogP contribution in [0.4, 0.5) is 0 Å². The molecule has 0 aliphatic heterocycles. The van der Waals surface area contributed by atoms with E-state index in [2.05, 4.69) is 10.5 Å². The molecule has 2 rings (SSSR count). The average molecular weight is 369 g/mol. The van der Waals surface area contributed by atoms with E-state index in [9.17, 15) is 4.79 Å². The molecular formula is C17H18Cl2N2O3. The maximum absolute atomic E-state index is 11.8. The summed E-state index contributed by atoms with van der Waals surface area (Å²) in [6, 6.07) is 8.66. The Hall–Kier alpha value is -1.98. The second kappa shape index (κ2) is 8.76. The van der Waals surface area contributed by atoms with Gasteiger partial charge in [0.15, 0.2) is 0 Å². The molecule has 1 N–H and O–H groups in total. The first-order chi connectivity index (χ1) is 11.5. The molecule has 0 atom stereocenters. The predicted molar refractivity (Wildman–Crippen MR) is 95.0 cm³/mol. The summed E-state index contributed by atoms with van der Waals surface area (Å²) < 4.78 is 10.9. The molecule has 0 bridgehead atoms. The number of carbonyl (C=O) groups is 1. The van der Waals surface area contributed by atoms with Gasteiger partial charge in [0.25, 0.3) is 0 Å². The molecule has 0 aliphatic carbocycles. The lowest BCUT2D eigenvalue weighted by molar-refractivity contribution is -0.121. The summed E-state index contributed by atoms with van der Waals surface area (Å²) in [5, 5.41) is 5.01. The highest BCUT2D eigenvalue weighted by Gasteiger charge is 2.06. The van der Waals surface area contributed by atoms with E-state index in [4.69, 9.17) is 32.4 Å². The van der Waals surface area contributed by atoms with Crippen LogP contribution in [0.2, 0.25) is 10.0 Å². The Balaban J connectivity index is 1.71. The average Bonchev–Trinajstić information content (AvgIpc) is 2.97. The van der Waals surface area contributed by atoms with Crippen molar-refractivity contribution < 1.29 is 13.9 Å². The lowest BCUT2D eigenvalue weighted by Crippen LogP contribution is -2.19. The van der Waals surface area contributed by atoms with Gasteiger partial charge in [-0.2, -0.15) is 5.10 Å². The minimum absolute atomic E-state index is 0.191. The molecule has 0 spiro atoms. The zero-order chi connectivity index (χ0) is 17.5. The highest BCUT2D eigenvalue weighted by molar-refractivity contribution is 6.35. The van der Waals surface area contributed by atoms with Gasteiger partial charge in [0.2, 0.25) is 5.91 Å². The zero-order valence-corrected chi connectivity index (χ0v) is 14.9. The molecule has 0 saturated carbocycles. The summed E-state index contributed by atoms with van der Waals surface area (Å²) >= 11 is 11.8. The molecule has 1 amide bonds. The van der Waals surface area contributed by atoms with E-state index >= 15 is 0 Å². The molecule has 0 fully saturated rings. The van der Waals surface area contributed by atoms with Gasteiger partial charge in [-0.25, -0.2) is 5.43 Å². The number of benzene rings is 1. The normalized spacial score (nSPS) is 11.4. The number of aryl methyl sites for hydroxylation is 1. The largest absolute Gasteiger partial charge is 0.492 e. The Morgan fingerprint density at radius 3 is 2.75 bits per heavy atom. The lowest BCUT2D eigenvalue weighted by Gasteiger charge is -2.07. The van der Waals surface area contributed by atoms with Crippen molar-refractivity contribution in [2.75, 3.05) is 6.61 Å². The fourth-order valence-corrected chi connectivity index (χ4v) is 2.36. The van der Waals surface area contributed by atoms with Crippen molar-refractivity contribution in [3.63, 3.8) is 0 Å². The monoisotopic (exact) mass is 368 g/mol. The van der Waals surface area contributed by atoms with Crippen LogP contribution in [-0.2, 0) is 4.79 Å². The number of nitrogens with one attached hydrogen (secondary N) is 1. The third kappa shape index (κ3) is 5.58. The summed E-state index contributed by atoms with van der Waals surface area (Å²) in [6.45, 7) is 3.99. The van der Waals surface area contributed by atoms with Gasteiger partial charge < -0.3 is 9.15 Å². The minimum atomic E-state index is -0.191. The quantitative estimate of drug-likeness (QED) is 0.441. The van der Waals surface area contributed by atoms with Gasteiger partial charge in [-0.15, -0.1) is 0 Å². The second-order valence-corrected chi connectivity index (χ2v) is 6.01. The van der Waals surface area contributed by atoms with Crippen LogP contribution in [0.3, 0.4) is 0 Å². The van der Waals surface area contributed by atoms with Gasteiger partial charge >= 0.3 is 0 Å². The maximum Gasteiger partial charge on any atom is 0.240 e. The Labute approximate surface area is 150 Å². The number of carbonyl (C=O) groups excluding carboxylic acids is 1. The van der Waals surface area contributed by atoms with Crippen LogP contribution in [0.5, 0.6) is 5.75 Å². The van der Waals surface area contributed by atoms with Gasteiger partial charge in [0.1, 0.15) is 23.0 Å². The number of rotatable bonds is 7. The van der Waals surface area contributed by atoms with E-state index in [1.54, 1.807) is 25.1 Å². The zero-order valence-electron chi connectivity index (χ0n) is 13.4. The molecule has 0 saturated heterocycles. The summed E-state index contributed by atoms with van der Waals surface area (Å²) in [5.74, 6) is 1.78. The molecule has 0 radical (unpaired) electrons. The molecule has 7 heteroatoms. The highest BCUT2D eigenvalue weighted by Crippen LogP contribution is 2.27. The fourth-order valence-electron chi connectivity index (χ4n) is 1.89. The van der Waals surface area contributed by atoms with E-state index in [0.29, 0.717) is 46.7 Å². The molecule has 0 unspecified atom stereocenters. The van der Waals surface area contributed by atoms with Crippen LogP contribution < -0.4 is 10.2 Å². The molecule has 1 aromatic carbocycles. The summed E-state index contributed by atoms with van der Waals surface area (Å²) in [5.41, 5.74) is 3.11. The van der Waals surface area contributed by atoms with Crippen molar-refractivity contribution in [1.82, 2.24) is 5.43 Å². The summed E-state index contributed by atoms with van der Waals surface area (Å²) in [4.78, 5) is 11.8. The SMILES string of the molecule is CC(=NNC(=O)CCCOc1ccc(Cl)cc1Cl)c1ccc(C)o1. The second-order valence-electron chi connectivity index (χ2n) is 5.17. The molecule has 1 heterocycles. The molecule has 5 nitrogen and oxygen atoms in total. The van der Waals surface area contributed by atoms with Crippen LogP contribution in [0.1, 0.15) is 31.3 Å². The Bertz CT molecular complexity index is 741. The smallest absolute Gasteiger partial charge is 0.240 e. The fraction of sp³-hybridized carbons (Fsp3) is 0.294. The number of nitrogens with zero attached hydrogens (tertiary/aromatic N) is 1. The highest BCUT2D eigenvalue weighted by atomic mass is 35.5. The number of furan rings is 1. The van der Waals surface area contributed by atoms with Crippen molar-refractivity contribution in [2.24, 2.45) is 5.10 Å². The van der Waals surface area contributed by atoms with Gasteiger partial charge in [0, 0.05) is 11.4 Å². The van der Waals surface area contributed by atoms with Crippen molar-refractivity contribution >= 4 is 34.8 Å². The van der Waals surface area contributed by atoms with E-state index in [0.717, 1.165) is 5.76 Å². The van der Waals surface area contributed by atoms with Crippen molar-refractivity contribution in [3.05, 3.63) is 51.9 Å². The first-order valence-electron chi connectivity index (χ1n) is 7.43. The minimum Gasteiger partial charge on any atom is -0.492 e. The molecule has 0 aliphatic rings. The van der Waals surface area contributed by atoms with E-state index < -0.39 is 0 Å². The lowest BCUT2D eigenvalue weighted by atomic mass is 10.3. The third-order valence-electron chi connectivity index (χ3n) is 3.14. The number of ether oxygens (including phenoxy) is 1. The van der Waals surface area contributed by atoms with Crippen LogP contribution in [0, 0.1) is 6.92 Å². The molecule has 2 aromatic rings. The van der Waals surface area contributed by atoms with Crippen LogP contribution in [0.15, 0.2) is 39.9 Å². The van der Waals surface area contributed by atoms with Gasteiger partial charge in [0.05, 0.1) is 11.6 Å². The van der Waals surface area contributed by atoms with Crippen LogP contribution >= 0.6 is 23.2 Å². The Kier molecular flexibility index (Phi) is 6.70. The van der Waals surface area contributed by atoms with E-state index in [-0.39, 0.29) is 5.91 Å². The van der Waals surface area contributed by atoms with Gasteiger partial charge in [-0.1, -0.05) is 23.2 Å². The maximum atomic E-state index is 11.8. The summed E-state index contributed by atoms with van der Waals surface area (Å²) in [7, 11) is 0. The van der Waals surface area contributed by atoms with Crippen LogP contribution in [-0.4, -0.2) is 18.2 Å². The number of hydrogen-bond donors (Lipinski definition) is 1. The number of halogens is 2. The van der Waals surface area contributed by atoms with E-state index in [1.165, 1.54) is 0 Å². The van der Waals surface area contributed by atoms with Gasteiger partial charge in [-0.3, -0.25) is 4.79 Å². The summed E-state index contributed by atoms with van der Waals surface area (Å²) in [6.07, 6.45) is 0.832. The van der Waals surface area contributed by atoms with Crippen molar-refractivity contribution in [2.45, 2.75) is 26.7 Å². The number of hydrazone groups is 1. The Morgan fingerprint density at radius 1 is 1.29 bits per heavy atom. The third-order valence-corrected chi connectivity index (χ3v) is 3.68. The van der Waals surface area contributed by atoms with Crippen molar-refractivity contribution in [1.29, 1.82) is 0 Å². The molecule has 24 heavy (non-hydrogen) atoms. The number of hydrogen-bond acceptors (Lipinski definition) is 4. The van der Waals surface area contributed by atoms with Crippen LogP contribution in [0.25, 0.3) is 0 Å². The van der Waals surface area contributed by atoms with Gasteiger partial charge in [-0.05, 0) is 50.6 Å². The number of amides is 1. The molecule has 1 aromatic heterocycles. The molecule has 128 valence electrons. The predicted octanol–water partition coefficient (Wildman–Crippen LogP) is 4.59. The van der Waals surface area contributed by atoms with E-state index in [1.807, 2.05) is 19.1 Å². The first-order valence-corrected chi connectivity index (χ1v) is 8.19. The molecular weight excluding hydrogens is 351 g/mol.